The fraction of sp³-hybridized carbons (Fsp3) is 0.222. The molecule has 0 aromatic heterocycles. The Morgan fingerprint density at radius 1 is 1.31 bits per heavy atom. The Labute approximate surface area is 87.4 Å². The average Bonchev–Trinajstić information content (AvgIpc) is 2.97. The summed E-state index contributed by atoms with van der Waals surface area (Å²) in [6.45, 7) is 0. The monoisotopic (exact) mass is 230 g/mol. The number of carbonyl (C=O) groups is 1. The van der Waals surface area contributed by atoms with E-state index in [1.807, 2.05) is 5.11 Å². The topological polar surface area (TPSA) is 66.5 Å². The van der Waals surface area contributed by atoms with Crippen LogP contribution in [0.25, 0.3) is 0 Å². The zero-order valence-corrected chi connectivity index (χ0v) is 7.71. The number of halogens is 3. The SMILES string of the molecule is O=C([O-])c1ccc([C@@]2(C(F)(F)F)N=[NH+]2)cc1. The Balaban J connectivity index is 2.33. The molecule has 4 nitrogen and oxygen atoms in total. The third-order valence-electron chi connectivity index (χ3n) is 2.28. The molecule has 7 heteroatoms. The van der Waals surface area contributed by atoms with Crippen molar-refractivity contribution < 1.29 is 28.2 Å². The van der Waals surface area contributed by atoms with Crippen molar-refractivity contribution in [3.8, 4) is 0 Å². The highest BCUT2D eigenvalue weighted by molar-refractivity contribution is 5.85. The van der Waals surface area contributed by atoms with Crippen LogP contribution in [0.1, 0.15) is 15.9 Å². The predicted molar refractivity (Wildman–Crippen MR) is 41.9 cm³/mol. The predicted octanol–water partition coefficient (Wildman–Crippen LogP) is -0.688. The fourth-order valence-electron chi connectivity index (χ4n) is 1.32. The number of rotatable bonds is 2. The number of aromatic carboxylic acids is 1. The van der Waals surface area contributed by atoms with E-state index >= 15 is 0 Å². The summed E-state index contributed by atoms with van der Waals surface area (Å²) in [4.78, 5) is 10.4. The van der Waals surface area contributed by atoms with Crippen molar-refractivity contribution in [2.24, 2.45) is 5.11 Å². The molecule has 0 spiro atoms. The van der Waals surface area contributed by atoms with Gasteiger partial charge in [0, 0.05) is 0 Å². The molecule has 1 aromatic rings. The van der Waals surface area contributed by atoms with Gasteiger partial charge in [0.05, 0.1) is 16.6 Å². The summed E-state index contributed by atoms with van der Waals surface area (Å²) in [5.41, 5.74) is -2.70. The van der Waals surface area contributed by atoms with Gasteiger partial charge in [0.2, 0.25) is 0 Å². The molecule has 0 unspecified atom stereocenters. The van der Waals surface area contributed by atoms with E-state index in [1.54, 1.807) is 0 Å². The third kappa shape index (κ3) is 1.44. The summed E-state index contributed by atoms with van der Waals surface area (Å²) < 4.78 is 37.7. The van der Waals surface area contributed by atoms with Gasteiger partial charge in [-0.1, -0.05) is 17.2 Å². The number of carbonyl (C=O) groups excluding carboxylic acids is 1. The van der Waals surface area contributed by atoms with Crippen LogP contribution in [0.4, 0.5) is 13.2 Å². The first-order valence-electron chi connectivity index (χ1n) is 4.24. The van der Waals surface area contributed by atoms with Gasteiger partial charge in [-0.2, -0.15) is 13.2 Å². The second kappa shape index (κ2) is 3.03. The van der Waals surface area contributed by atoms with Crippen LogP contribution in [0.5, 0.6) is 0 Å². The normalized spacial score (nSPS) is 23.2. The van der Waals surface area contributed by atoms with Gasteiger partial charge in [-0.25, -0.2) is 0 Å². The molecule has 1 heterocycles. The number of benzene rings is 1. The number of nitrogens with one attached hydrogen (secondary N) is 1. The highest BCUT2D eigenvalue weighted by Crippen LogP contribution is 2.39. The van der Waals surface area contributed by atoms with E-state index in [2.05, 4.69) is 5.11 Å². The molecular weight excluding hydrogens is 225 g/mol. The molecule has 1 atom stereocenters. The van der Waals surface area contributed by atoms with Crippen molar-refractivity contribution in [2.45, 2.75) is 11.8 Å². The maximum atomic E-state index is 12.6. The third-order valence-corrected chi connectivity index (χ3v) is 2.28. The quantitative estimate of drug-likeness (QED) is 0.730. The minimum atomic E-state index is -4.55. The van der Waals surface area contributed by atoms with Gasteiger partial charge in [-0.15, -0.1) is 0 Å². The first-order chi connectivity index (χ1) is 7.37. The van der Waals surface area contributed by atoms with Gasteiger partial charge < -0.3 is 9.90 Å². The largest absolute Gasteiger partial charge is 0.545 e. The van der Waals surface area contributed by atoms with Crippen molar-refractivity contribution in [1.82, 2.24) is 0 Å². The number of carboxylic acid groups (broad SMARTS) is 1. The molecule has 0 aliphatic carbocycles. The fourth-order valence-corrected chi connectivity index (χ4v) is 1.32. The highest BCUT2D eigenvalue weighted by Gasteiger charge is 2.74. The van der Waals surface area contributed by atoms with E-state index in [0.29, 0.717) is 0 Å². The van der Waals surface area contributed by atoms with Crippen molar-refractivity contribution in [3.63, 3.8) is 0 Å². The Morgan fingerprint density at radius 2 is 1.81 bits per heavy atom. The summed E-state index contributed by atoms with van der Waals surface area (Å²) in [5.74, 6) is -1.44. The van der Waals surface area contributed by atoms with Crippen molar-refractivity contribution in [2.75, 3.05) is 0 Å². The maximum Gasteiger partial charge on any atom is 0.491 e. The van der Waals surface area contributed by atoms with Crippen LogP contribution in [-0.2, 0) is 5.66 Å². The average molecular weight is 230 g/mol. The van der Waals surface area contributed by atoms with Crippen LogP contribution in [-0.4, -0.2) is 12.1 Å². The zero-order chi connectivity index (χ0) is 12.0. The molecule has 0 radical (unpaired) electrons. The van der Waals surface area contributed by atoms with Crippen molar-refractivity contribution in [3.05, 3.63) is 35.4 Å². The minimum Gasteiger partial charge on any atom is -0.545 e. The maximum absolute atomic E-state index is 12.6. The van der Waals surface area contributed by atoms with Gasteiger partial charge in [0.25, 0.3) is 0 Å². The summed E-state index contributed by atoms with van der Waals surface area (Å²) >= 11 is 0. The van der Waals surface area contributed by atoms with Crippen molar-refractivity contribution in [1.29, 1.82) is 0 Å². The lowest BCUT2D eigenvalue weighted by atomic mass is 10.0. The van der Waals surface area contributed by atoms with Gasteiger partial charge >= 0.3 is 11.8 Å². The molecule has 1 aromatic carbocycles. The summed E-state index contributed by atoms with van der Waals surface area (Å²) in [7, 11) is 0. The van der Waals surface area contributed by atoms with E-state index in [9.17, 15) is 23.1 Å². The Kier molecular flexibility index (Phi) is 2.01. The van der Waals surface area contributed by atoms with Crippen molar-refractivity contribution >= 4 is 5.97 Å². The number of hydrogen-bond donors (Lipinski definition) is 1. The molecule has 0 fully saturated rings. The Bertz CT molecular complexity index is 459. The molecule has 1 aliphatic heterocycles. The van der Waals surface area contributed by atoms with Gasteiger partial charge in [-0.05, 0) is 17.7 Å². The lowest BCUT2D eigenvalue weighted by Crippen LogP contribution is -2.65. The van der Waals surface area contributed by atoms with Crippen LogP contribution in [0.15, 0.2) is 29.4 Å². The molecular formula is C9H5F3N2O2. The summed E-state index contributed by atoms with van der Waals surface area (Å²) in [6, 6.07) is 4.21. The second-order valence-electron chi connectivity index (χ2n) is 3.30. The molecule has 1 aliphatic rings. The Morgan fingerprint density at radius 3 is 2.12 bits per heavy atom. The van der Waals surface area contributed by atoms with E-state index in [1.165, 1.54) is 0 Å². The zero-order valence-electron chi connectivity index (χ0n) is 7.71. The molecule has 16 heavy (non-hydrogen) atoms. The first-order valence-corrected chi connectivity index (χ1v) is 4.24. The lowest BCUT2D eigenvalue weighted by Gasteiger charge is -2.09. The molecule has 1 N–H and O–H groups in total. The lowest BCUT2D eigenvalue weighted by molar-refractivity contribution is -0.502. The number of hydrogen-bond acceptors (Lipinski definition) is 3. The molecule has 0 saturated carbocycles. The van der Waals surface area contributed by atoms with Gasteiger partial charge in [0.15, 0.2) is 0 Å². The standard InChI is InChI=1S/C9H5F3N2O2/c10-9(11,12)8(13-14-8)6-3-1-5(2-4-6)7(15)16/h1-4H,(H,15,16). The van der Waals surface area contributed by atoms with E-state index in [-0.39, 0.29) is 11.1 Å². The van der Waals surface area contributed by atoms with Crippen LogP contribution in [0.3, 0.4) is 0 Å². The second-order valence-corrected chi connectivity index (χ2v) is 3.30. The van der Waals surface area contributed by atoms with Gasteiger partial charge in [-0.3, -0.25) is 0 Å². The number of alkyl halides is 3. The molecule has 0 bridgehead atoms. The molecule has 84 valence electrons. The van der Waals surface area contributed by atoms with Crippen LogP contribution in [0, 0.1) is 0 Å². The molecule has 2 rings (SSSR count). The van der Waals surface area contributed by atoms with E-state index in [0.717, 1.165) is 24.3 Å². The van der Waals surface area contributed by atoms with Crippen LogP contribution < -0.4 is 10.2 Å². The smallest absolute Gasteiger partial charge is 0.491 e. The highest BCUT2D eigenvalue weighted by atomic mass is 19.4. The summed E-state index contributed by atoms with van der Waals surface area (Å²) in [6.07, 6.45) is -4.55. The number of carboxylic acids is 1. The van der Waals surface area contributed by atoms with Crippen LogP contribution in [0.2, 0.25) is 0 Å². The first kappa shape index (κ1) is 10.6. The van der Waals surface area contributed by atoms with E-state index < -0.39 is 17.8 Å². The van der Waals surface area contributed by atoms with Gasteiger partial charge in [0.1, 0.15) is 0 Å². The molecule has 0 saturated heterocycles. The van der Waals surface area contributed by atoms with E-state index in [4.69, 9.17) is 0 Å². The summed E-state index contributed by atoms with van der Waals surface area (Å²) in [5, 5.41) is 15.4. The van der Waals surface area contributed by atoms with Crippen LogP contribution >= 0.6 is 0 Å². The molecule has 0 amide bonds. The minimum absolute atomic E-state index is 0.148. The Hall–Kier alpha value is -1.92. The number of nitrogens with zero attached hydrogens (tertiary/aromatic N) is 1.